The van der Waals surface area contributed by atoms with Crippen LogP contribution in [-0.4, -0.2) is 36.7 Å². The number of methoxy groups -OCH3 is 2. The van der Waals surface area contributed by atoms with E-state index in [-0.39, 0.29) is 0 Å². The lowest BCUT2D eigenvalue weighted by molar-refractivity contribution is 0.0602. The van der Waals surface area contributed by atoms with Crippen LogP contribution in [0.5, 0.6) is 5.75 Å². The van der Waals surface area contributed by atoms with E-state index in [1.165, 1.54) is 12.7 Å². The molecule has 3 rings (SSSR count). The van der Waals surface area contributed by atoms with Crippen molar-refractivity contribution in [3.05, 3.63) is 71.9 Å². The third-order valence-corrected chi connectivity index (χ3v) is 4.09. The van der Waals surface area contributed by atoms with E-state index in [0.29, 0.717) is 29.6 Å². The average Bonchev–Trinajstić information content (AvgIpc) is 2.74. The molecule has 0 aliphatic rings. The van der Waals surface area contributed by atoms with Gasteiger partial charge < -0.3 is 20.1 Å². The van der Waals surface area contributed by atoms with Crippen molar-refractivity contribution in [1.82, 2.24) is 9.97 Å². The highest BCUT2D eigenvalue weighted by Gasteiger charge is 2.12. The Bertz CT molecular complexity index is 946. The van der Waals surface area contributed by atoms with Gasteiger partial charge >= 0.3 is 5.97 Å². The number of aromatic nitrogens is 2. The molecule has 0 aliphatic carbocycles. The van der Waals surface area contributed by atoms with Gasteiger partial charge in [0.05, 0.1) is 25.5 Å². The minimum absolute atomic E-state index is 0.391. The highest BCUT2D eigenvalue weighted by Crippen LogP contribution is 2.20. The molecule has 0 radical (unpaired) electrons. The minimum atomic E-state index is -0.421. The number of carbonyl (C=O) groups is 1. The third kappa shape index (κ3) is 4.97. The largest absolute Gasteiger partial charge is 0.497 e. The lowest BCUT2D eigenvalue weighted by Crippen LogP contribution is -2.09. The van der Waals surface area contributed by atoms with Gasteiger partial charge in [-0.25, -0.2) is 9.78 Å². The molecule has 0 bridgehead atoms. The molecule has 0 saturated heterocycles. The second kappa shape index (κ2) is 9.36. The van der Waals surface area contributed by atoms with E-state index in [4.69, 9.17) is 9.47 Å². The van der Waals surface area contributed by atoms with E-state index in [2.05, 4.69) is 26.7 Å². The summed E-state index contributed by atoms with van der Waals surface area (Å²) in [6, 6.07) is 16.8. The van der Waals surface area contributed by atoms with Crippen LogP contribution in [0.3, 0.4) is 0 Å². The molecule has 2 N–H and O–H groups in total. The van der Waals surface area contributed by atoms with Gasteiger partial charge in [0.1, 0.15) is 11.6 Å². The first-order valence-corrected chi connectivity index (χ1v) is 8.84. The zero-order valence-corrected chi connectivity index (χ0v) is 15.8. The number of hydrogen-bond acceptors (Lipinski definition) is 7. The fourth-order valence-corrected chi connectivity index (χ4v) is 2.68. The lowest BCUT2D eigenvalue weighted by Gasteiger charge is -2.11. The first-order chi connectivity index (χ1) is 13.7. The second-order valence-corrected chi connectivity index (χ2v) is 5.96. The van der Waals surface area contributed by atoms with E-state index in [0.717, 1.165) is 12.2 Å². The summed E-state index contributed by atoms with van der Waals surface area (Å²) < 4.78 is 10.1. The van der Waals surface area contributed by atoms with Crippen LogP contribution in [0.1, 0.15) is 15.9 Å². The smallest absolute Gasteiger partial charge is 0.339 e. The summed E-state index contributed by atoms with van der Waals surface area (Å²) >= 11 is 0. The Labute approximate surface area is 163 Å². The molecule has 28 heavy (non-hydrogen) atoms. The van der Waals surface area contributed by atoms with Crippen molar-refractivity contribution in [2.45, 2.75) is 6.42 Å². The molecule has 7 nitrogen and oxygen atoms in total. The highest BCUT2D eigenvalue weighted by atomic mass is 16.5. The molecule has 7 heteroatoms. The molecule has 0 aliphatic heterocycles. The predicted octanol–water partition coefficient (Wildman–Crippen LogP) is 3.67. The molecule has 0 amide bonds. The van der Waals surface area contributed by atoms with Gasteiger partial charge in [-0.3, -0.25) is 0 Å². The van der Waals surface area contributed by atoms with Crippen molar-refractivity contribution in [1.29, 1.82) is 0 Å². The summed E-state index contributed by atoms with van der Waals surface area (Å²) in [7, 11) is 3.01. The monoisotopic (exact) mass is 378 g/mol. The van der Waals surface area contributed by atoms with Crippen LogP contribution in [0.25, 0.3) is 0 Å². The molecule has 0 saturated carbocycles. The third-order valence-electron chi connectivity index (χ3n) is 4.09. The Hall–Kier alpha value is -3.61. The Morgan fingerprint density at radius 3 is 2.75 bits per heavy atom. The summed E-state index contributed by atoms with van der Waals surface area (Å²) in [5.74, 6) is 1.50. The number of anilines is 3. The Kier molecular flexibility index (Phi) is 6.41. The summed E-state index contributed by atoms with van der Waals surface area (Å²) in [5.41, 5.74) is 2.18. The van der Waals surface area contributed by atoms with Gasteiger partial charge in [-0.2, -0.15) is 4.98 Å². The summed E-state index contributed by atoms with van der Waals surface area (Å²) in [6.45, 7) is 0.711. The van der Waals surface area contributed by atoms with Gasteiger partial charge in [-0.15, -0.1) is 0 Å². The second-order valence-electron chi connectivity index (χ2n) is 5.96. The Morgan fingerprint density at radius 2 is 1.93 bits per heavy atom. The average molecular weight is 378 g/mol. The maximum absolute atomic E-state index is 11.9. The fraction of sp³-hybridized carbons (Fsp3) is 0.190. The number of rotatable bonds is 8. The topological polar surface area (TPSA) is 85.4 Å². The van der Waals surface area contributed by atoms with E-state index < -0.39 is 5.97 Å². The van der Waals surface area contributed by atoms with Crippen molar-refractivity contribution in [3.63, 3.8) is 0 Å². The fourth-order valence-electron chi connectivity index (χ4n) is 2.68. The van der Waals surface area contributed by atoms with Crippen LogP contribution in [0.4, 0.5) is 17.5 Å². The quantitative estimate of drug-likeness (QED) is 0.579. The number of esters is 1. The van der Waals surface area contributed by atoms with E-state index in [1.807, 2.05) is 24.3 Å². The standard InChI is InChI=1S/C21H22N4O3/c1-27-16-7-5-6-15(14-16)10-12-22-19-11-13-23-21(25-19)24-18-9-4-3-8-17(18)20(26)28-2/h3-9,11,13-14H,10,12H2,1-2H3,(H2,22,23,24,25). The maximum atomic E-state index is 11.9. The number of hydrogen-bond donors (Lipinski definition) is 2. The van der Waals surface area contributed by atoms with Gasteiger partial charge in [0.2, 0.25) is 5.95 Å². The van der Waals surface area contributed by atoms with Crippen LogP contribution < -0.4 is 15.4 Å². The van der Waals surface area contributed by atoms with E-state index in [9.17, 15) is 4.79 Å². The number of carbonyl (C=O) groups excluding carboxylic acids is 1. The van der Waals surface area contributed by atoms with Crippen LogP contribution in [-0.2, 0) is 11.2 Å². The normalized spacial score (nSPS) is 10.2. The molecule has 1 heterocycles. The first kappa shape index (κ1) is 19.2. The number of nitrogens with one attached hydrogen (secondary N) is 2. The molecule has 0 unspecified atom stereocenters. The molecule has 1 aromatic heterocycles. The Balaban J connectivity index is 1.64. The molecule has 0 atom stereocenters. The number of nitrogens with zero attached hydrogens (tertiary/aromatic N) is 2. The zero-order chi connectivity index (χ0) is 19.8. The SMILES string of the molecule is COC(=O)c1ccccc1Nc1nccc(NCCc2cccc(OC)c2)n1. The van der Waals surface area contributed by atoms with Crippen LogP contribution in [0.15, 0.2) is 60.8 Å². The lowest BCUT2D eigenvalue weighted by atomic mass is 10.1. The van der Waals surface area contributed by atoms with Crippen molar-refractivity contribution < 1.29 is 14.3 Å². The van der Waals surface area contributed by atoms with Gasteiger partial charge in [-0.1, -0.05) is 24.3 Å². The molecular formula is C21H22N4O3. The van der Waals surface area contributed by atoms with E-state index >= 15 is 0 Å². The zero-order valence-electron chi connectivity index (χ0n) is 15.8. The molecule has 3 aromatic rings. The van der Waals surface area contributed by atoms with Gasteiger partial charge in [-0.05, 0) is 42.3 Å². The maximum Gasteiger partial charge on any atom is 0.339 e. The summed E-state index contributed by atoms with van der Waals surface area (Å²) in [5, 5.41) is 6.35. The summed E-state index contributed by atoms with van der Waals surface area (Å²) in [4.78, 5) is 20.6. The molecular weight excluding hydrogens is 356 g/mol. The van der Waals surface area contributed by atoms with Crippen LogP contribution in [0.2, 0.25) is 0 Å². The van der Waals surface area contributed by atoms with Crippen molar-refractivity contribution >= 4 is 23.4 Å². The Morgan fingerprint density at radius 1 is 1.07 bits per heavy atom. The predicted molar refractivity (Wildman–Crippen MR) is 108 cm³/mol. The number of benzene rings is 2. The van der Waals surface area contributed by atoms with Crippen molar-refractivity contribution in [2.75, 3.05) is 31.4 Å². The number of ether oxygens (including phenoxy) is 2. The van der Waals surface area contributed by atoms with Crippen LogP contribution >= 0.6 is 0 Å². The van der Waals surface area contributed by atoms with Crippen molar-refractivity contribution in [3.8, 4) is 5.75 Å². The summed E-state index contributed by atoms with van der Waals surface area (Å²) in [6.07, 6.45) is 2.49. The van der Waals surface area contributed by atoms with Crippen molar-refractivity contribution in [2.24, 2.45) is 0 Å². The number of para-hydroxylation sites is 1. The van der Waals surface area contributed by atoms with Crippen LogP contribution in [0, 0.1) is 0 Å². The molecule has 144 valence electrons. The van der Waals surface area contributed by atoms with Gasteiger partial charge in [0.25, 0.3) is 0 Å². The molecule has 0 spiro atoms. The first-order valence-electron chi connectivity index (χ1n) is 8.84. The van der Waals surface area contributed by atoms with Gasteiger partial charge in [0.15, 0.2) is 0 Å². The highest BCUT2D eigenvalue weighted by molar-refractivity contribution is 5.96. The van der Waals surface area contributed by atoms with E-state index in [1.54, 1.807) is 37.6 Å². The van der Waals surface area contributed by atoms with Gasteiger partial charge in [0, 0.05) is 12.7 Å². The molecule has 2 aromatic carbocycles. The minimum Gasteiger partial charge on any atom is -0.497 e. The molecule has 0 fully saturated rings.